The number of hydrogen-bond acceptors (Lipinski definition) is 0. The lowest BCUT2D eigenvalue weighted by atomic mass is 10.1. The van der Waals surface area contributed by atoms with Crippen LogP contribution in [-0.2, 0) is 0 Å². The van der Waals surface area contributed by atoms with Crippen LogP contribution in [0.1, 0.15) is 27.2 Å². The second kappa shape index (κ2) is 2.18. The minimum Gasteiger partial charge on any atom is -0.207 e. The van der Waals surface area contributed by atoms with Crippen molar-refractivity contribution >= 4 is 0 Å². The van der Waals surface area contributed by atoms with Gasteiger partial charge < -0.3 is 0 Å². The van der Waals surface area contributed by atoms with Crippen LogP contribution in [0.25, 0.3) is 0 Å². The van der Waals surface area contributed by atoms with Crippen molar-refractivity contribution in [3.63, 3.8) is 0 Å². The van der Waals surface area contributed by atoms with Gasteiger partial charge in [0, 0.05) is 5.92 Å². The maximum Gasteiger partial charge on any atom is 0.248 e. The van der Waals surface area contributed by atoms with Gasteiger partial charge in [0.25, 0.3) is 0 Å². The molecule has 1 aliphatic rings. The highest BCUT2D eigenvalue weighted by molar-refractivity contribution is 4.95. The van der Waals surface area contributed by atoms with Crippen molar-refractivity contribution in [2.45, 2.75) is 33.1 Å². The quantitative estimate of drug-likeness (QED) is 0.564. The Kier molecular flexibility index (Phi) is 1.73. The van der Waals surface area contributed by atoms with E-state index < -0.39 is 5.92 Å². The van der Waals surface area contributed by atoms with E-state index in [9.17, 15) is 8.78 Å². The molecule has 1 rings (SSSR count). The van der Waals surface area contributed by atoms with E-state index in [4.69, 9.17) is 0 Å². The molecule has 0 saturated heterocycles. The Hall–Kier alpha value is -0.140. The zero-order chi connectivity index (χ0) is 7.94. The van der Waals surface area contributed by atoms with E-state index >= 15 is 0 Å². The normalized spacial score (nSPS) is 33.0. The summed E-state index contributed by atoms with van der Waals surface area (Å²) in [4.78, 5) is 0. The van der Waals surface area contributed by atoms with Crippen molar-refractivity contribution < 1.29 is 8.78 Å². The molecule has 1 saturated carbocycles. The summed E-state index contributed by atoms with van der Waals surface area (Å²) in [5, 5.41) is 0. The maximum absolute atomic E-state index is 12.5. The molecule has 60 valence electrons. The molecular formula is C8H14F2. The lowest BCUT2D eigenvalue weighted by Crippen LogP contribution is -2.15. The average molecular weight is 148 g/mol. The zero-order valence-corrected chi connectivity index (χ0v) is 6.70. The van der Waals surface area contributed by atoms with Crippen molar-refractivity contribution in [3.05, 3.63) is 0 Å². The molecule has 0 bridgehead atoms. The molecule has 0 amide bonds. The third kappa shape index (κ3) is 1.47. The molecule has 2 atom stereocenters. The molecule has 0 heterocycles. The van der Waals surface area contributed by atoms with Gasteiger partial charge in [-0.3, -0.25) is 0 Å². The molecule has 0 aromatic rings. The summed E-state index contributed by atoms with van der Waals surface area (Å²) in [5.41, 5.74) is 0. The molecule has 0 aliphatic heterocycles. The first-order valence-corrected chi connectivity index (χ1v) is 3.80. The predicted octanol–water partition coefficient (Wildman–Crippen LogP) is 2.93. The fraction of sp³-hybridized carbons (Fsp3) is 1.00. The Balaban J connectivity index is 2.39. The highest BCUT2D eigenvalue weighted by Crippen LogP contribution is 2.52. The SMILES string of the molecule is CC(C)[C@@H]1C[C@H]1C(C)(F)F. The van der Waals surface area contributed by atoms with E-state index in [1.54, 1.807) is 0 Å². The van der Waals surface area contributed by atoms with Crippen LogP contribution in [0.15, 0.2) is 0 Å². The number of halogens is 2. The number of hydrogen-bond donors (Lipinski definition) is 0. The second-order valence-electron chi connectivity index (χ2n) is 3.71. The van der Waals surface area contributed by atoms with E-state index in [2.05, 4.69) is 0 Å². The summed E-state index contributed by atoms with van der Waals surface area (Å²) in [5.74, 6) is -2.06. The van der Waals surface area contributed by atoms with Gasteiger partial charge >= 0.3 is 0 Å². The van der Waals surface area contributed by atoms with Crippen molar-refractivity contribution in [3.8, 4) is 0 Å². The van der Waals surface area contributed by atoms with Crippen LogP contribution < -0.4 is 0 Å². The topological polar surface area (TPSA) is 0 Å². The molecule has 0 N–H and O–H groups in total. The van der Waals surface area contributed by atoms with Gasteiger partial charge in [-0.05, 0) is 25.2 Å². The van der Waals surface area contributed by atoms with Crippen molar-refractivity contribution in [1.82, 2.24) is 0 Å². The number of rotatable bonds is 2. The van der Waals surface area contributed by atoms with E-state index in [0.717, 1.165) is 13.3 Å². The van der Waals surface area contributed by atoms with Crippen LogP contribution in [0.4, 0.5) is 8.78 Å². The first-order chi connectivity index (χ1) is 4.43. The summed E-state index contributed by atoms with van der Waals surface area (Å²) >= 11 is 0. The molecule has 0 spiro atoms. The standard InChI is InChI=1S/C8H14F2/c1-5(2)6-4-7(6)8(3,9)10/h5-7H,4H2,1-3H3/t6-,7+/m0/s1. The molecule has 10 heavy (non-hydrogen) atoms. The van der Waals surface area contributed by atoms with Gasteiger partial charge in [0.05, 0.1) is 0 Å². The predicted molar refractivity (Wildman–Crippen MR) is 37.1 cm³/mol. The van der Waals surface area contributed by atoms with E-state index in [1.807, 2.05) is 13.8 Å². The van der Waals surface area contributed by atoms with E-state index in [1.165, 1.54) is 0 Å². The van der Waals surface area contributed by atoms with Crippen molar-refractivity contribution in [2.75, 3.05) is 0 Å². The second-order valence-corrected chi connectivity index (χ2v) is 3.71. The van der Waals surface area contributed by atoms with Crippen LogP contribution in [0, 0.1) is 17.8 Å². The summed E-state index contributed by atoms with van der Waals surface area (Å²) in [6.45, 7) is 5.05. The van der Waals surface area contributed by atoms with Gasteiger partial charge in [-0.15, -0.1) is 0 Å². The molecule has 1 aliphatic carbocycles. The molecule has 0 nitrogen and oxygen atoms in total. The van der Waals surface area contributed by atoms with Gasteiger partial charge in [-0.1, -0.05) is 13.8 Å². The Bertz CT molecular complexity index is 124. The van der Waals surface area contributed by atoms with Crippen LogP contribution in [0.3, 0.4) is 0 Å². The van der Waals surface area contributed by atoms with E-state index in [-0.39, 0.29) is 11.8 Å². The highest BCUT2D eigenvalue weighted by Gasteiger charge is 2.52. The molecule has 0 radical (unpaired) electrons. The zero-order valence-electron chi connectivity index (χ0n) is 6.70. The smallest absolute Gasteiger partial charge is 0.207 e. The fourth-order valence-electron chi connectivity index (χ4n) is 1.53. The Morgan fingerprint density at radius 3 is 2.00 bits per heavy atom. The van der Waals surface area contributed by atoms with Crippen LogP contribution in [0.2, 0.25) is 0 Å². The molecule has 2 heteroatoms. The third-order valence-corrected chi connectivity index (χ3v) is 2.35. The summed E-state index contributed by atoms with van der Waals surface area (Å²) in [6.07, 6.45) is 0.723. The fourth-order valence-corrected chi connectivity index (χ4v) is 1.53. The lowest BCUT2D eigenvalue weighted by Gasteiger charge is -2.10. The van der Waals surface area contributed by atoms with Crippen LogP contribution in [0.5, 0.6) is 0 Å². The minimum absolute atomic E-state index is 0.278. The van der Waals surface area contributed by atoms with Gasteiger partial charge in [0.2, 0.25) is 5.92 Å². The Morgan fingerprint density at radius 1 is 1.40 bits per heavy atom. The molecule has 0 unspecified atom stereocenters. The van der Waals surface area contributed by atoms with Crippen LogP contribution >= 0.6 is 0 Å². The third-order valence-electron chi connectivity index (χ3n) is 2.35. The maximum atomic E-state index is 12.5. The molecular weight excluding hydrogens is 134 g/mol. The summed E-state index contributed by atoms with van der Waals surface area (Å²) in [6, 6.07) is 0. The first kappa shape index (κ1) is 7.96. The average Bonchev–Trinajstić information content (AvgIpc) is 2.35. The van der Waals surface area contributed by atoms with Crippen molar-refractivity contribution in [2.24, 2.45) is 17.8 Å². The van der Waals surface area contributed by atoms with Gasteiger partial charge in [-0.2, -0.15) is 0 Å². The highest BCUT2D eigenvalue weighted by atomic mass is 19.3. The Morgan fingerprint density at radius 2 is 1.90 bits per heavy atom. The summed E-state index contributed by atoms with van der Waals surface area (Å²) < 4.78 is 25.0. The largest absolute Gasteiger partial charge is 0.248 e. The first-order valence-electron chi connectivity index (χ1n) is 3.80. The monoisotopic (exact) mass is 148 g/mol. The van der Waals surface area contributed by atoms with Gasteiger partial charge in [0.15, 0.2) is 0 Å². The molecule has 0 aromatic carbocycles. The molecule has 0 aromatic heterocycles. The lowest BCUT2D eigenvalue weighted by molar-refractivity contribution is -0.00963. The van der Waals surface area contributed by atoms with E-state index in [0.29, 0.717) is 5.92 Å². The van der Waals surface area contributed by atoms with Crippen molar-refractivity contribution in [1.29, 1.82) is 0 Å². The minimum atomic E-state index is -2.44. The summed E-state index contributed by atoms with van der Waals surface area (Å²) in [7, 11) is 0. The number of alkyl halides is 2. The van der Waals surface area contributed by atoms with Crippen LogP contribution in [-0.4, -0.2) is 5.92 Å². The molecule has 1 fully saturated rings. The Labute approximate surface area is 60.6 Å². The van der Waals surface area contributed by atoms with Gasteiger partial charge in [0.1, 0.15) is 0 Å². The van der Waals surface area contributed by atoms with Gasteiger partial charge in [-0.25, -0.2) is 8.78 Å².